The van der Waals surface area contributed by atoms with Crippen LogP contribution >= 0.6 is 0 Å². The van der Waals surface area contributed by atoms with Gasteiger partial charge in [0.1, 0.15) is 23.3 Å². The first-order chi connectivity index (χ1) is 12.7. The Kier molecular flexibility index (Phi) is 4.74. The number of rotatable bonds is 5. The Hall–Kier alpha value is -3.53. The minimum Gasteiger partial charge on any atom is -0.462 e. The van der Waals surface area contributed by atoms with E-state index in [1.807, 2.05) is 0 Å². The summed E-state index contributed by atoms with van der Waals surface area (Å²) in [5, 5.41) is 2.24. The molecule has 1 aromatic heterocycles. The number of ether oxygens (including phenoxy) is 1. The fourth-order valence-electron chi connectivity index (χ4n) is 2.35. The zero-order valence-corrected chi connectivity index (χ0v) is 14.9. The fourth-order valence-corrected chi connectivity index (χ4v) is 2.91. The van der Waals surface area contributed by atoms with Crippen molar-refractivity contribution in [2.45, 2.75) is 0 Å². The number of amides is 2. The van der Waals surface area contributed by atoms with E-state index in [2.05, 4.69) is 10.0 Å². The van der Waals surface area contributed by atoms with E-state index in [1.54, 1.807) is 30.3 Å². The summed E-state index contributed by atoms with van der Waals surface area (Å²) in [7, 11) is -3.62. The zero-order chi connectivity index (χ0) is 19.6. The van der Waals surface area contributed by atoms with Crippen LogP contribution in [-0.2, 0) is 10.0 Å². The molecule has 0 unspecified atom stereocenters. The topological polar surface area (TPSA) is 141 Å². The lowest BCUT2D eigenvalue weighted by atomic mass is 10.2. The molecule has 0 radical (unpaired) electrons. The molecule has 140 valence electrons. The largest absolute Gasteiger partial charge is 0.462 e. The molecule has 0 aliphatic rings. The van der Waals surface area contributed by atoms with Crippen LogP contribution < -0.4 is 25.9 Å². The normalized spacial score (nSPS) is 11.1. The van der Waals surface area contributed by atoms with E-state index in [0.29, 0.717) is 5.75 Å². The van der Waals surface area contributed by atoms with E-state index in [1.165, 1.54) is 12.1 Å². The summed E-state index contributed by atoms with van der Waals surface area (Å²) in [6.45, 7) is 0. The number of urea groups is 1. The van der Waals surface area contributed by atoms with Crippen LogP contribution in [0.25, 0.3) is 11.0 Å². The second kappa shape index (κ2) is 7.00. The number of nitrogens with one attached hydrogen (secondary N) is 2. The van der Waals surface area contributed by atoms with Crippen molar-refractivity contribution in [3.8, 4) is 11.5 Å². The molecule has 0 fully saturated rings. The minimum absolute atomic E-state index is 0.0752. The van der Waals surface area contributed by atoms with Crippen molar-refractivity contribution in [2.24, 2.45) is 5.73 Å². The molecular weight excluding hydrogens is 374 g/mol. The maximum atomic E-state index is 12.5. The number of nitrogens with two attached hydrogens (primary N) is 1. The smallest absolute Gasteiger partial charge is 0.316 e. The van der Waals surface area contributed by atoms with Gasteiger partial charge in [-0.15, -0.1) is 0 Å². The number of carbonyl (C=O) groups is 1. The molecule has 27 heavy (non-hydrogen) atoms. The predicted molar refractivity (Wildman–Crippen MR) is 101 cm³/mol. The first-order valence-corrected chi connectivity index (χ1v) is 9.49. The van der Waals surface area contributed by atoms with Crippen LogP contribution in [0.3, 0.4) is 0 Å². The molecule has 0 aliphatic heterocycles. The van der Waals surface area contributed by atoms with Crippen LogP contribution in [0.4, 0.5) is 16.2 Å². The first kappa shape index (κ1) is 18.3. The minimum atomic E-state index is -3.62. The molecular formula is C17H15N3O6S. The van der Waals surface area contributed by atoms with Gasteiger partial charge in [0, 0.05) is 6.07 Å². The highest BCUT2D eigenvalue weighted by atomic mass is 32.2. The SMILES string of the molecule is CS(=O)(=O)Nc1cc2occ(NC(N)=O)c(=O)c2cc1Oc1ccccc1. The van der Waals surface area contributed by atoms with Gasteiger partial charge in [-0.25, -0.2) is 13.2 Å². The molecule has 3 aromatic rings. The summed E-state index contributed by atoms with van der Waals surface area (Å²) in [6.07, 6.45) is 2.01. The van der Waals surface area contributed by atoms with E-state index >= 15 is 0 Å². The van der Waals surface area contributed by atoms with Crippen LogP contribution in [0.2, 0.25) is 0 Å². The number of para-hydroxylation sites is 1. The van der Waals surface area contributed by atoms with Gasteiger partial charge >= 0.3 is 6.03 Å². The molecule has 0 saturated carbocycles. The monoisotopic (exact) mass is 389 g/mol. The van der Waals surface area contributed by atoms with Crippen LogP contribution in [0.1, 0.15) is 0 Å². The Bertz CT molecular complexity index is 1170. The molecule has 0 atom stereocenters. The van der Waals surface area contributed by atoms with Gasteiger partial charge in [-0.1, -0.05) is 18.2 Å². The van der Waals surface area contributed by atoms with Gasteiger partial charge in [-0.05, 0) is 18.2 Å². The highest BCUT2D eigenvalue weighted by Gasteiger charge is 2.16. The Labute approximate surface area is 153 Å². The van der Waals surface area contributed by atoms with E-state index in [-0.39, 0.29) is 28.1 Å². The molecule has 2 aromatic carbocycles. The van der Waals surface area contributed by atoms with Crippen molar-refractivity contribution in [3.05, 3.63) is 59.0 Å². The molecule has 3 rings (SSSR count). The molecule has 10 heteroatoms. The van der Waals surface area contributed by atoms with Crippen LogP contribution in [0.15, 0.2) is 57.9 Å². The van der Waals surface area contributed by atoms with Gasteiger partial charge in [0.05, 0.1) is 17.3 Å². The Morgan fingerprint density at radius 2 is 1.85 bits per heavy atom. The van der Waals surface area contributed by atoms with E-state index in [0.717, 1.165) is 12.5 Å². The molecule has 9 nitrogen and oxygen atoms in total. The summed E-state index contributed by atoms with van der Waals surface area (Å²) >= 11 is 0. The number of anilines is 2. The molecule has 0 aliphatic carbocycles. The lowest BCUT2D eigenvalue weighted by molar-refractivity contribution is 0.259. The summed E-state index contributed by atoms with van der Waals surface area (Å²) in [6, 6.07) is 10.3. The average molecular weight is 389 g/mol. The quantitative estimate of drug-likeness (QED) is 0.612. The van der Waals surface area contributed by atoms with Gasteiger partial charge in [-0.3, -0.25) is 9.52 Å². The zero-order valence-electron chi connectivity index (χ0n) is 14.1. The lowest BCUT2D eigenvalue weighted by Gasteiger charge is -2.13. The Balaban J connectivity index is 2.18. The third kappa shape index (κ3) is 4.36. The average Bonchev–Trinajstić information content (AvgIpc) is 2.58. The van der Waals surface area contributed by atoms with Gasteiger partial charge < -0.3 is 20.2 Å². The summed E-state index contributed by atoms with van der Waals surface area (Å²) in [5.41, 5.74) is 4.51. The van der Waals surface area contributed by atoms with Crippen LogP contribution in [-0.4, -0.2) is 20.7 Å². The highest BCUT2D eigenvalue weighted by molar-refractivity contribution is 7.92. The number of hydrogen-bond donors (Lipinski definition) is 3. The van der Waals surface area contributed by atoms with Crippen molar-refractivity contribution in [3.63, 3.8) is 0 Å². The van der Waals surface area contributed by atoms with E-state index in [9.17, 15) is 18.0 Å². The highest BCUT2D eigenvalue weighted by Crippen LogP contribution is 2.34. The van der Waals surface area contributed by atoms with E-state index < -0.39 is 21.5 Å². The molecule has 0 bridgehead atoms. The molecule has 4 N–H and O–H groups in total. The summed E-state index contributed by atoms with van der Waals surface area (Å²) in [4.78, 5) is 23.5. The van der Waals surface area contributed by atoms with Gasteiger partial charge in [0.2, 0.25) is 15.5 Å². The molecule has 0 spiro atoms. The Morgan fingerprint density at radius 3 is 2.48 bits per heavy atom. The van der Waals surface area contributed by atoms with Gasteiger partial charge in [0.25, 0.3) is 0 Å². The molecule has 1 heterocycles. The predicted octanol–water partition coefficient (Wildman–Crippen LogP) is 2.45. The number of benzene rings is 2. The summed E-state index contributed by atoms with van der Waals surface area (Å²) < 4.78 is 36.7. The second-order valence-corrected chi connectivity index (χ2v) is 7.35. The van der Waals surface area contributed by atoms with Crippen molar-refractivity contribution in [1.29, 1.82) is 0 Å². The van der Waals surface area contributed by atoms with Gasteiger partial charge in [-0.2, -0.15) is 0 Å². The van der Waals surface area contributed by atoms with Crippen LogP contribution in [0, 0.1) is 0 Å². The third-order valence-corrected chi connectivity index (χ3v) is 3.99. The maximum absolute atomic E-state index is 12.5. The number of primary amides is 1. The lowest BCUT2D eigenvalue weighted by Crippen LogP contribution is -2.23. The second-order valence-electron chi connectivity index (χ2n) is 5.60. The van der Waals surface area contributed by atoms with E-state index in [4.69, 9.17) is 14.9 Å². The van der Waals surface area contributed by atoms with Gasteiger partial charge in [0.15, 0.2) is 5.75 Å². The van der Waals surface area contributed by atoms with Crippen LogP contribution in [0.5, 0.6) is 11.5 Å². The first-order valence-electron chi connectivity index (χ1n) is 7.59. The third-order valence-electron chi connectivity index (χ3n) is 3.40. The number of fused-ring (bicyclic) bond motifs is 1. The van der Waals surface area contributed by atoms with Crippen molar-refractivity contribution in [2.75, 3.05) is 16.3 Å². The van der Waals surface area contributed by atoms with Crippen molar-refractivity contribution >= 4 is 38.4 Å². The standard InChI is InChI=1S/C17H15N3O6S/c1-27(23,24)20-12-8-14-11(16(21)13(9-25-14)19-17(18)22)7-15(12)26-10-5-3-2-4-6-10/h2-9,20H,1H3,(H3,18,19,22). The molecule has 2 amide bonds. The number of sulfonamides is 1. The number of carbonyl (C=O) groups excluding carboxylic acids is 1. The fraction of sp³-hybridized carbons (Fsp3) is 0.0588. The van der Waals surface area contributed by atoms with Crippen molar-refractivity contribution < 1.29 is 22.4 Å². The molecule has 0 saturated heterocycles. The maximum Gasteiger partial charge on any atom is 0.316 e. The Morgan fingerprint density at radius 1 is 1.15 bits per heavy atom. The summed E-state index contributed by atoms with van der Waals surface area (Å²) in [5.74, 6) is 0.520. The number of hydrogen-bond acceptors (Lipinski definition) is 6. The van der Waals surface area contributed by atoms with Crippen molar-refractivity contribution in [1.82, 2.24) is 0 Å².